The normalized spacial score (nSPS) is 10.7. The molecule has 5 heteroatoms. The Bertz CT molecular complexity index is 1100. The molecule has 3 rings (SSSR count). The van der Waals surface area contributed by atoms with Crippen LogP contribution in [0.4, 0.5) is 5.69 Å². The number of methoxy groups -OCH3 is 1. The highest BCUT2D eigenvalue weighted by Gasteiger charge is 2.10. The summed E-state index contributed by atoms with van der Waals surface area (Å²) < 4.78 is 11.0. The number of benzene rings is 3. The molecule has 0 aliphatic heterocycles. The first-order valence-electron chi connectivity index (χ1n) is 9.91. The van der Waals surface area contributed by atoms with E-state index in [0.717, 1.165) is 22.4 Å². The van der Waals surface area contributed by atoms with Crippen molar-refractivity contribution in [3.05, 3.63) is 95.1 Å². The summed E-state index contributed by atoms with van der Waals surface area (Å²) in [4.78, 5) is 24.5. The number of aryl methyl sites for hydroxylation is 2. The Morgan fingerprint density at radius 3 is 2.39 bits per heavy atom. The van der Waals surface area contributed by atoms with E-state index in [-0.39, 0.29) is 18.3 Å². The van der Waals surface area contributed by atoms with Crippen molar-refractivity contribution in [3.8, 4) is 11.5 Å². The van der Waals surface area contributed by atoms with Crippen molar-refractivity contribution in [3.63, 3.8) is 0 Å². The highest BCUT2D eigenvalue weighted by molar-refractivity contribution is 6.06. The number of allylic oxidation sites excluding steroid dienone is 1. The molecule has 3 aromatic rings. The number of carbonyl (C=O) groups excluding carboxylic acids is 2. The number of nitrogens with one attached hydrogen (secondary N) is 1. The Balaban J connectivity index is 1.62. The van der Waals surface area contributed by atoms with Crippen LogP contribution in [0, 0.1) is 13.8 Å². The van der Waals surface area contributed by atoms with Crippen LogP contribution in [-0.2, 0) is 4.79 Å². The van der Waals surface area contributed by atoms with E-state index in [1.807, 2.05) is 62.4 Å². The molecule has 0 aliphatic rings. The Labute approximate surface area is 182 Å². The van der Waals surface area contributed by atoms with E-state index in [2.05, 4.69) is 5.32 Å². The SMILES string of the molecule is COc1cc(/C=C/C(=O)c2ccc(C)cc2)ccc1OCC(=O)Nc1ccccc1C. The van der Waals surface area contributed by atoms with Crippen LogP contribution >= 0.6 is 0 Å². The summed E-state index contributed by atoms with van der Waals surface area (Å²) in [5.74, 6) is 0.592. The highest BCUT2D eigenvalue weighted by atomic mass is 16.5. The van der Waals surface area contributed by atoms with Crippen LogP contribution in [0.3, 0.4) is 0 Å². The molecule has 0 bridgehead atoms. The molecule has 0 spiro atoms. The third-order valence-electron chi connectivity index (χ3n) is 4.73. The average molecular weight is 415 g/mol. The van der Waals surface area contributed by atoms with Crippen molar-refractivity contribution in [2.24, 2.45) is 0 Å². The third kappa shape index (κ3) is 6.06. The Morgan fingerprint density at radius 2 is 1.68 bits per heavy atom. The van der Waals surface area contributed by atoms with Gasteiger partial charge in [-0.25, -0.2) is 0 Å². The van der Waals surface area contributed by atoms with Crippen molar-refractivity contribution in [1.82, 2.24) is 0 Å². The zero-order valence-electron chi connectivity index (χ0n) is 17.8. The summed E-state index contributed by atoms with van der Waals surface area (Å²) in [6, 6.07) is 20.3. The minimum Gasteiger partial charge on any atom is -0.493 e. The van der Waals surface area contributed by atoms with Crippen LogP contribution in [0.25, 0.3) is 6.08 Å². The van der Waals surface area contributed by atoms with Gasteiger partial charge in [-0.15, -0.1) is 0 Å². The van der Waals surface area contributed by atoms with E-state index in [4.69, 9.17) is 9.47 Å². The number of ketones is 1. The average Bonchev–Trinajstić information content (AvgIpc) is 2.78. The van der Waals surface area contributed by atoms with Crippen LogP contribution < -0.4 is 14.8 Å². The fourth-order valence-electron chi connectivity index (χ4n) is 2.94. The van der Waals surface area contributed by atoms with Gasteiger partial charge in [0.25, 0.3) is 5.91 Å². The number of ether oxygens (including phenoxy) is 2. The van der Waals surface area contributed by atoms with Gasteiger partial charge in [-0.05, 0) is 49.2 Å². The summed E-state index contributed by atoms with van der Waals surface area (Å²) in [6.45, 7) is 3.76. The topological polar surface area (TPSA) is 64.6 Å². The molecule has 5 nitrogen and oxygen atoms in total. The quantitative estimate of drug-likeness (QED) is 0.404. The van der Waals surface area contributed by atoms with Crippen molar-refractivity contribution in [2.45, 2.75) is 13.8 Å². The number of carbonyl (C=O) groups is 2. The van der Waals surface area contributed by atoms with Gasteiger partial charge in [0.05, 0.1) is 7.11 Å². The van der Waals surface area contributed by atoms with Crippen LogP contribution in [0.5, 0.6) is 11.5 Å². The second kappa shape index (κ2) is 10.3. The Hall–Kier alpha value is -3.86. The lowest BCUT2D eigenvalue weighted by Crippen LogP contribution is -2.20. The first-order valence-corrected chi connectivity index (χ1v) is 9.91. The number of rotatable bonds is 8. The molecule has 31 heavy (non-hydrogen) atoms. The van der Waals surface area contributed by atoms with Crippen LogP contribution in [-0.4, -0.2) is 25.4 Å². The second-order valence-electron chi connectivity index (χ2n) is 7.13. The summed E-state index contributed by atoms with van der Waals surface area (Å²) in [6.07, 6.45) is 3.25. The third-order valence-corrected chi connectivity index (χ3v) is 4.73. The minimum absolute atomic E-state index is 0.0767. The summed E-state index contributed by atoms with van der Waals surface area (Å²) in [7, 11) is 1.53. The van der Waals surface area contributed by atoms with Crippen molar-refractivity contribution < 1.29 is 19.1 Å². The largest absolute Gasteiger partial charge is 0.493 e. The van der Waals surface area contributed by atoms with Gasteiger partial charge in [0, 0.05) is 11.3 Å². The molecular weight excluding hydrogens is 390 g/mol. The monoisotopic (exact) mass is 415 g/mol. The van der Waals surface area contributed by atoms with Gasteiger partial charge in [0.15, 0.2) is 23.9 Å². The van der Waals surface area contributed by atoms with E-state index in [1.165, 1.54) is 13.2 Å². The number of amides is 1. The van der Waals surface area contributed by atoms with Gasteiger partial charge >= 0.3 is 0 Å². The predicted molar refractivity (Wildman–Crippen MR) is 123 cm³/mol. The molecule has 0 saturated heterocycles. The summed E-state index contributed by atoms with van der Waals surface area (Å²) in [5.41, 5.74) is 4.25. The number of hydrogen-bond donors (Lipinski definition) is 1. The minimum atomic E-state index is -0.260. The Kier molecular flexibility index (Phi) is 7.22. The predicted octanol–water partition coefficient (Wildman–Crippen LogP) is 5.23. The van der Waals surface area contributed by atoms with Crippen molar-refractivity contribution in [1.29, 1.82) is 0 Å². The van der Waals surface area contributed by atoms with Crippen LogP contribution in [0.1, 0.15) is 27.0 Å². The molecule has 3 aromatic carbocycles. The van der Waals surface area contributed by atoms with E-state index in [1.54, 1.807) is 24.3 Å². The molecule has 0 saturated carbocycles. The van der Waals surface area contributed by atoms with Gasteiger partial charge in [0.2, 0.25) is 0 Å². The van der Waals surface area contributed by atoms with Gasteiger partial charge in [-0.2, -0.15) is 0 Å². The summed E-state index contributed by atoms with van der Waals surface area (Å²) >= 11 is 0. The molecule has 0 heterocycles. The molecule has 158 valence electrons. The maximum absolute atomic E-state index is 12.3. The molecule has 0 aliphatic carbocycles. The number of hydrogen-bond acceptors (Lipinski definition) is 4. The van der Waals surface area contributed by atoms with Crippen LogP contribution in [0.2, 0.25) is 0 Å². The van der Waals surface area contributed by atoms with E-state index >= 15 is 0 Å². The smallest absolute Gasteiger partial charge is 0.262 e. The highest BCUT2D eigenvalue weighted by Crippen LogP contribution is 2.28. The van der Waals surface area contributed by atoms with Crippen molar-refractivity contribution >= 4 is 23.5 Å². The number of anilines is 1. The zero-order valence-corrected chi connectivity index (χ0v) is 17.8. The van der Waals surface area contributed by atoms with Gasteiger partial charge in [-0.3, -0.25) is 9.59 Å². The van der Waals surface area contributed by atoms with E-state index in [9.17, 15) is 9.59 Å². The molecule has 0 unspecified atom stereocenters. The maximum atomic E-state index is 12.3. The fraction of sp³-hybridized carbons (Fsp3) is 0.154. The fourth-order valence-corrected chi connectivity index (χ4v) is 2.94. The molecular formula is C26H25NO4. The molecule has 0 aromatic heterocycles. The van der Waals surface area contributed by atoms with Gasteiger partial charge in [0.1, 0.15) is 0 Å². The van der Waals surface area contributed by atoms with Crippen LogP contribution in [0.15, 0.2) is 72.8 Å². The molecule has 1 amide bonds. The molecule has 1 N–H and O–H groups in total. The van der Waals surface area contributed by atoms with E-state index < -0.39 is 0 Å². The maximum Gasteiger partial charge on any atom is 0.262 e. The van der Waals surface area contributed by atoms with Gasteiger partial charge < -0.3 is 14.8 Å². The lowest BCUT2D eigenvalue weighted by Gasteiger charge is -2.12. The van der Waals surface area contributed by atoms with Crippen molar-refractivity contribution in [2.75, 3.05) is 19.0 Å². The number of para-hydroxylation sites is 1. The first kappa shape index (κ1) is 21.8. The lowest BCUT2D eigenvalue weighted by molar-refractivity contribution is -0.118. The molecule has 0 fully saturated rings. The van der Waals surface area contributed by atoms with E-state index in [0.29, 0.717) is 17.1 Å². The lowest BCUT2D eigenvalue weighted by atomic mass is 10.1. The summed E-state index contributed by atoms with van der Waals surface area (Å²) in [5, 5.41) is 2.83. The second-order valence-corrected chi connectivity index (χ2v) is 7.13. The Morgan fingerprint density at radius 1 is 0.935 bits per heavy atom. The standard InChI is InChI=1S/C26H25NO4/c1-18-8-12-21(13-9-18)23(28)14-10-20-11-15-24(25(16-20)30-3)31-17-26(29)27-22-7-5-4-6-19(22)2/h4-16H,17H2,1-3H3,(H,27,29)/b14-10+. The zero-order chi connectivity index (χ0) is 22.2. The molecule has 0 atom stereocenters. The molecule has 0 radical (unpaired) electrons. The van der Waals surface area contributed by atoms with Gasteiger partial charge in [-0.1, -0.05) is 60.2 Å². The first-order chi connectivity index (χ1) is 15.0.